The molecule has 3 rings (SSSR count). The third kappa shape index (κ3) is 2.88. The molecule has 0 unspecified atom stereocenters. The van der Waals surface area contributed by atoms with E-state index in [1.165, 1.54) is 14.2 Å². The first kappa shape index (κ1) is 15.8. The molecule has 0 aliphatic heterocycles. The van der Waals surface area contributed by atoms with Crippen molar-refractivity contribution in [3.05, 3.63) is 59.8 Å². The Labute approximate surface area is 140 Å². The van der Waals surface area contributed by atoms with Gasteiger partial charge in [0.15, 0.2) is 11.5 Å². The fourth-order valence-corrected chi connectivity index (χ4v) is 2.62. The number of hydrogen-bond acceptors (Lipinski definition) is 4. The van der Waals surface area contributed by atoms with Crippen molar-refractivity contribution in [2.75, 3.05) is 19.5 Å². The molecule has 122 valence electrons. The molecule has 0 aliphatic rings. The monoisotopic (exact) mass is 322 g/mol. The summed E-state index contributed by atoms with van der Waals surface area (Å²) in [7, 11) is 3.05. The van der Waals surface area contributed by atoms with Gasteiger partial charge in [0.1, 0.15) is 0 Å². The molecule has 5 nitrogen and oxygen atoms in total. The summed E-state index contributed by atoms with van der Waals surface area (Å²) in [5.41, 5.74) is 2.88. The molecule has 2 aromatic carbocycles. The summed E-state index contributed by atoms with van der Waals surface area (Å²) in [5.74, 6) is 0.658. The molecule has 1 amide bonds. The fourth-order valence-electron chi connectivity index (χ4n) is 2.62. The molecule has 0 spiro atoms. The first-order chi connectivity index (χ1) is 11.6. The lowest BCUT2D eigenvalue weighted by atomic mass is 10.1. The van der Waals surface area contributed by atoms with Crippen LogP contribution in [0.4, 0.5) is 5.69 Å². The van der Waals surface area contributed by atoms with Gasteiger partial charge in [-0.15, -0.1) is 0 Å². The second kappa shape index (κ2) is 6.58. The van der Waals surface area contributed by atoms with Gasteiger partial charge in [-0.3, -0.25) is 9.78 Å². The van der Waals surface area contributed by atoms with Gasteiger partial charge in [0.05, 0.1) is 31.0 Å². The van der Waals surface area contributed by atoms with Crippen LogP contribution in [-0.2, 0) is 0 Å². The lowest BCUT2D eigenvalue weighted by molar-refractivity contribution is 0.102. The second-order valence-electron chi connectivity index (χ2n) is 5.32. The Morgan fingerprint density at radius 3 is 2.54 bits per heavy atom. The number of aryl methyl sites for hydroxylation is 1. The summed E-state index contributed by atoms with van der Waals surface area (Å²) in [6.07, 6.45) is 0. The van der Waals surface area contributed by atoms with Gasteiger partial charge in [0.25, 0.3) is 5.91 Å². The predicted molar refractivity (Wildman–Crippen MR) is 94.0 cm³/mol. The average molecular weight is 322 g/mol. The van der Waals surface area contributed by atoms with Crippen molar-refractivity contribution in [1.82, 2.24) is 4.98 Å². The Balaban J connectivity index is 1.99. The Morgan fingerprint density at radius 2 is 1.79 bits per heavy atom. The molecule has 0 fully saturated rings. The molecular formula is C19H18N2O3. The fraction of sp³-hybridized carbons (Fsp3) is 0.158. The van der Waals surface area contributed by atoms with Crippen molar-refractivity contribution in [2.45, 2.75) is 6.92 Å². The number of ether oxygens (including phenoxy) is 2. The molecule has 0 atom stereocenters. The highest BCUT2D eigenvalue weighted by Gasteiger charge is 2.17. The van der Waals surface area contributed by atoms with Crippen LogP contribution in [0.3, 0.4) is 0 Å². The zero-order valence-electron chi connectivity index (χ0n) is 13.8. The van der Waals surface area contributed by atoms with E-state index in [9.17, 15) is 4.79 Å². The summed E-state index contributed by atoms with van der Waals surface area (Å²) in [6, 6.07) is 14.7. The molecule has 0 saturated carbocycles. The van der Waals surface area contributed by atoms with E-state index in [0.717, 1.165) is 16.6 Å². The SMILES string of the molecule is COc1cccc(C(=O)Nc2cccc3nc(C)ccc23)c1OC. The number of rotatable bonds is 4. The molecular weight excluding hydrogens is 304 g/mol. The molecule has 24 heavy (non-hydrogen) atoms. The number of aromatic nitrogens is 1. The number of carbonyl (C=O) groups excluding carboxylic acids is 1. The van der Waals surface area contributed by atoms with Crippen molar-refractivity contribution in [3.63, 3.8) is 0 Å². The van der Waals surface area contributed by atoms with Crippen LogP contribution in [0.5, 0.6) is 11.5 Å². The standard InChI is InChI=1S/C19H18N2O3/c1-12-10-11-13-15(20-12)7-5-8-16(13)21-19(22)14-6-4-9-17(23-2)18(14)24-3/h4-11H,1-3H3,(H,21,22). The van der Waals surface area contributed by atoms with Gasteiger partial charge in [-0.2, -0.15) is 0 Å². The van der Waals surface area contributed by atoms with Crippen LogP contribution >= 0.6 is 0 Å². The minimum atomic E-state index is -0.265. The zero-order chi connectivity index (χ0) is 17.1. The van der Waals surface area contributed by atoms with Crippen LogP contribution < -0.4 is 14.8 Å². The van der Waals surface area contributed by atoms with E-state index in [0.29, 0.717) is 22.7 Å². The number of pyridine rings is 1. The second-order valence-corrected chi connectivity index (χ2v) is 5.32. The van der Waals surface area contributed by atoms with E-state index in [-0.39, 0.29) is 5.91 Å². The Kier molecular flexibility index (Phi) is 4.33. The topological polar surface area (TPSA) is 60.5 Å². The van der Waals surface area contributed by atoms with Crippen molar-refractivity contribution in [2.24, 2.45) is 0 Å². The molecule has 1 aromatic heterocycles. The summed E-state index contributed by atoms with van der Waals surface area (Å²) >= 11 is 0. The van der Waals surface area contributed by atoms with E-state index in [2.05, 4.69) is 10.3 Å². The molecule has 0 radical (unpaired) electrons. The maximum atomic E-state index is 12.7. The highest BCUT2D eigenvalue weighted by atomic mass is 16.5. The van der Waals surface area contributed by atoms with Crippen LogP contribution in [0, 0.1) is 6.92 Å². The number of nitrogens with one attached hydrogen (secondary N) is 1. The van der Waals surface area contributed by atoms with E-state index >= 15 is 0 Å². The first-order valence-corrected chi connectivity index (χ1v) is 7.52. The highest BCUT2D eigenvalue weighted by Crippen LogP contribution is 2.31. The van der Waals surface area contributed by atoms with E-state index in [4.69, 9.17) is 9.47 Å². The van der Waals surface area contributed by atoms with Gasteiger partial charge in [0.2, 0.25) is 0 Å². The van der Waals surface area contributed by atoms with E-state index < -0.39 is 0 Å². The largest absolute Gasteiger partial charge is 0.493 e. The molecule has 0 bridgehead atoms. The third-order valence-electron chi connectivity index (χ3n) is 3.77. The third-order valence-corrected chi connectivity index (χ3v) is 3.77. The molecule has 3 aromatic rings. The summed E-state index contributed by atoms with van der Waals surface area (Å²) in [5, 5.41) is 3.82. The number of amides is 1. The van der Waals surface area contributed by atoms with Gasteiger partial charge < -0.3 is 14.8 Å². The summed E-state index contributed by atoms with van der Waals surface area (Å²) < 4.78 is 10.6. The van der Waals surface area contributed by atoms with Gasteiger partial charge in [-0.25, -0.2) is 0 Å². The molecule has 1 N–H and O–H groups in total. The van der Waals surface area contributed by atoms with Crippen LogP contribution in [0.15, 0.2) is 48.5 Å². The quantitative estimate of drug-likeness (QED) is 0.793. The maximum Gasteiger partial charge on any atom is 0.259 e. The molecule has 1 heterocycles. The van der Waals surface area contributed by atoms with Crippen LogP contribution in [-0.4, -0.2) is 25.1 Å². The van der Waals surface area contributed by atoms with Crippen LogP contribution in [0.1, 0.15) is 16.1 Å². The van der Waals surface area contributed by atoms with Gasteiger partial charge in [-0.1, -0.05) is 12.1 Å². The van der Waals surface area contributed by atoms with Crippen LogP contribution in [0.25, 0.3) is 10.9 Å². The number of carbonyl (C=O) groups is 1. The van der Waals surface area contributed by atoms with E-state index in [1.807, 2.05) is 37.3 Å². The number of fused-ring (bicyclic) bond motifs is 1. The maximum absolute atomic E-state index is 12.7. The number of hydrogen-bond donors (Lipinski definition) is 1. The number of anilines is 1. The number of benzene rings is 2. The predicted octanol–water partition coefficient (Wildman–Crippen LogP) is 3.81. The van der Waals surface area contributed by atoms with Crippen molar-refractivity contribution in [3.8, 4) is 11.5 Å². The Morgan fingerprint density at radius 1 is 1.00 bits per heavy atom. The van der Waals surface area contributed by atoms with Gasteiger partial charge in [-0.05, 0) is 43.3 Å². The highest BCUT2D eigenvalue weighted by molar-refractivity contribution is 6.10. The molecule has 0 aliphatic carbocycles. The van der Waals surface area contributed by atoms with Gasteiger partial charge >= 0.3 is 0 Å². The van der Waals surface area contributed by atoms with Crippen molar-refractivity contribution >= 4 is 22.5 Å². The number of nitrogens with zero attached hydrogens (tertiary/aromatic N) is 1. The minimum absolute atomic E-state index is 0.265. The number of methoxy groups -OCH3 is 2. The first-order valence-electron chi connectivity index (χ1n) is 7.52. The zero-order valence-corrected chi connectivity index (χ0v) is 13.8. The summed E-state index contributed by atoms with van der Waals surface area (Å²) in [6.45, 7) is 1.94. The van der Waals surface area contributed by atoms with Gasteiger partial charge in [0, 0.05) is 11.1 Å². The summed E-state index contributed by atoms with van der Waals surface area (Å²) in [4.78, 5) is 17.2. The molecule has 5 heteroatoms. The Hall–Kier alpha value is -3.08. The lowest BCUT2D eigenvalue weighted by Gasteiger charge is -2.13. The van der Waals surface area contributed by atoms with Crippen LogP contribution in [0.2, 0.25) is 0 Å². The normalized spacial score (nSPS) is 10.5. The average Bonchev–Trinajstić information content (AvgIpc) is 2.60. The van der Waals surface area contributed by atoms with Crippen molar-refractivity contribution in [1.29, 1.82) is 0 Å². The Bertz CT molecular complexity index is 906. The lowest BCUT2D eigenvalue weighted by Crippen LogP contribution is -2.14. The molecule has 0 saturated heterocycles. The number of para-hydroxylation sites is 1. The minimum Gasteiger partial charge on any atom is -0.493 e. The smallest absolute Gasteiger partial charge is 0.259 e. The van der Waals surface area contributed by atoms with E-state index in [1.54, 1.807) is 18.2 Å². The van der Waals surface area contributed by atoms with Crippen molar-refractivity contribution < 1.29 is 14.3 Å².